The molecule has 0 aliphatic rings. The fraction of sp³-hybridized carbons (Fsp3) is 0.438. The van der Waals surface area contributed by atoms with Gasteiger partial charge >= 0.3 is 0 Å². The lowest BCUT2D eigenvalue weighted by atomic mass is 9.77. The van der Waals surface area contributed by atoms with Crippen LogP contribution in [-0.2, 0) is 0 Å². The molecule has 0 bridgehead atoms. The largest absolute Gasteiger partial charge is 0.294 e. The fourth-order valence-corrected chi connectivity index (χ4v) is 2.88. The van der Waals surface area contributed by atoms with Crippen molar-refractivity contribution in [2.45, 2.75) is 33.7 Å². The van der Waals surface area contributed by atoms with Crippen LogP contribution in [0.1, 0.15) is 44.1 Å². The monoisotopic (exact) mass is 305 g/mol. The van der Waals surface area contributed by atoms with Crippen LogP contribution in [0.15, 0.2) is 36.9 Å². The number of aromatic nitrogens is 3. The molecule has 0 saturated heterocycles. The van der Waals surface area contributed by atoms with Gasteiger partial charge in [0.15, 0.2) is 5.78 Å². The molecule has 0 N–H and O–H groups in total. The van der Waals surface area contributed by atoms with Crippen molar-refractivity contribution in [1.29, 1.82) is 0 Å². The van der Waals surface area contributed by atoms with E-state index < -0.39 is 0 Å². The predicted molar refractivity (Wildman–Crippen MR) is 83.5 cm³/mol. The zero-order valence-electron chi connectivity index (χ0n) is 12.7. The van der Waals surface area contributed by atoms with Gasteiger partial charge < -0.3 is 0 Å². The van der Waals surface area contributed by atoms with Gasteiger partial charge in [0.25, 0.3) is 0 Å². The van der Waals surface area contributed by atoms with E-state index in [0.29, 0.717) is 10.6 Å². The summed E-state index contributed by atoms with van der Waals surface area (Å²) in [6.45, 7) is 8.25. The van der Waals surface area contributed by atoms with E-state index in [2.05, 4.69) is 30.9 Å². The fourth-order valence-electron chi connectivity index (χ4n) is 2.76. The average Bonchev–Trinajstić information content (AvgIpc) is 2.91. The van der Waals surface area contributed by atoms with Crippen LogP contribution in [0.3, 0.4) is 0 Å². The summed E-state index contributed by atoms with van der Waals surface area (Å²) in [7, 11) is 0. The van der Waals surface area contributed by atoms with Gasteiger partial charge in [-0.15, -0.1) is 0 Å². The lowest BCUT2D eigenvalue weighted by Gasteiger charge is -2.34. The number of halogens is 1. The van der Waals surface area contributed by atoms with Crippen LogP contribution in [0.4, 0.5) is 0 Å². The van der Waals surface area contributed by atoms with E-state index in [1.165, 1.54) is 6.33 Å². The molecule has 0 aliphatic carbocycles. The van der Waals surface area contributed by atoms with Gasteiger partial charge in [0.2, 0.25) is 0 Å². The first-order valence-corrected chi connectivity index (χ1v) is 7.32. The molecular formula is C16H20ClN3O. The van der Waals surface area contributed by atoms with E-state index in [9.17, 15) is 4.79 Å². The van der Waals surface area contributed by atoms with Crippen molar-refractivity contribution < 1.29 is 4.79 Å². The maximum atomic E-state index is 12.7. The highest BCUT2D eigenvalue weighted by atomic mass is 35.5. The normalized spacial score (nSPS) is 14.7. The Bertz CT molecular complexity index is 599. The Morgan fingerprint density at radius 2 is 1.86 bits per heavy atom. The molecule has 0 aliphatic heterocycles. The number of hydrogen-bond donors (Lipinski definition) is 0. The molecule has 0 radical (unpaired) electrons. The minimum atomic E-state index is -0.215. The number of benzene rings is 1. The Morgan fingerprint density at radius 3 is 2.33 bits per heavy atom. The van der Waals surface area contributed by atoms with Gasteiger partial charge in [0.1, 0.15) is 12.7 Å². The minimum absolute atomic E-state index is 0.0665. The van der Waals surface area contributed by atoms with Gasteiger partial charge in [0, 0.05) is 16.5 Å². The summed E-state index contributed by atoms with van der Waals surface area (Å²) in [6, 6.07) is 6.94. The van der Waals surface area contributed by atoms with E-state index in [4.69, 9.17) is 11.6 Å². The van der Waals surface area contributed by atoms with Crippen molar-refractivity contribution in [3.8, 4) is 0 Å². The van der Waals surface area contributed by atoms with Gasteiger partial charge in [0.05, 0.1) is 6.04 Å². The Kier molecular flexibility index (Phi) is 4.47. The highest BCUT2D eigenvalue weighted by Crippen LogP contribution is 2.37. The van der Waals surface area contributed by atoms with Gasteiger partial charge in [-0.05, 0) is 29.7 Å². The average molecular weight is 306 g/mol. The summed E-state index contributed by atoms with van der Waals surface area (Å²) >= 11 is 5.88. The van der Waals surface area contributed by atoms with Crippen molar-refractivity contribution in [2.24, 2.45) is 11.3 Å². The van der Waals surface area contributed by atoms with Gasteiger partial charge in [-0.2, -0.15) is 5.10 Å². The molecule has 0 saturated carbocycles. The number of carbonyl (C=O) groups excluding carboxylic acids is 1. The molecule has 112 valence electrons. The van der Waals surface area contributed by atoms with Crippen molar-refractivity contribution >= 4 is 17.4 Å². The van der Waals surface area contributed by atoms with Crippen LogP contribution >= 0.6 is 11.6 Å². The third-order valence-electron chi connectivity index (χ3n) is 3.62. The lowest BCUT2D eigenvalue weighted by Crippen LogP contribution is -2.34. The summed E-state index contributed by atoms with van der Waals surface area (Å²) in [5.41, 5.74) is 0.552. The Balaban J connectivity index is 2.32. The smallest absolute Gasteiger partial charge is 0.167 e. The first-order valence-electron chi connectivity index (χ1n) is 6.94. The molecule has 0 fully saturated rings. The Hall–Kier alpha value is -1.68. The van der Waals surface area contributed by atoms with E-state index in [1.54, 1.807) is 35.3 Å². The third kappa shape index (κ3) is 3.50. The second-order valence-electron chi connectivity index (χ2n) is 6.35. The first kappa shape index (κ1) is 15.7. The third-order valence-corrected chi connectivity index (χ3v) is 3.88. The zero-order valence-corrected chi connectivity index (χ0v) is 13.5. The second kappa shape index (κ2) is 5.98. The number of Topliss-reactive ketones (excluding diaryl/α,β-unsaturated/α-hetero) is 1. The topological polar surface area (TPSA) is 47.8 Å². The number of rotatable bonds is 4. The molecule has 1 aromatic carbocycles. The molecule has 1 aromatic heterocycles. The molecule has 0 amide bonds. The number of nitrogens with zero attached hydrogens (tertiary/aromatic N) is 3. The summed E-state index contributed by atoms with van der Waals surface area (Å²) in [5.74, 6) is -0.130. The molecule has 2 unspecified atom stereocenters. The predicted octanol–water partition coefficient (Wildman–Crippen LogP) is 4.04. The molecule has 5 heteroatoms. The van der Waals surface area contributed by atoms with E-state index in [0.717, 1.165) is 0 Å². The van der Waals surface area contributed by atoms with Crippen molar-refractivity contribution in [3.05, 3.63) is 47.5 Å². The van der Waals surface area contributed by atoms with Crippen LogP contribution in [0, 0.1) is 11.3 Å². The maximum absolute atomic E-state index is 12.7. The molecule has 2 aromatic rings. The minimum Gasteiger partial charge on any atom is -0.294 e. The Morgan fingerprint density at radius 1 is 1.24 bits per heavy atom. The second-order valence-corrected chi connectivity index (χ2v) is 6.78. The number of carbonyl (C=O) groups is 1. The van der Waals surface area contributed by atoms with Gasteiger partial charge in [-0.3, -0.25) is 4.79 Å². The molecule has 0 spiro atoms. The molecule has 2 rings (SSSR count). The van der Waals surface area contributed by atoms with Crippen molar-refractivity contribution in [2.75, 3.05) is 0 Å². The van der Waals surface area contributed by atoms with Crippen LogP contribution in [0.2, 0.25) is 5.02 Å². The standard InChI is InChI=1S/C16H20ClN3O/c1-11(14(21)12-5-7-13(17)8-6-12)15(16(2,3)4)20-10-18-9-19-20/h5-11,15H,1-4H3. The SMILES string of the molecule is CC(C(=O)c1ccc(Cl)cc1)C(n1cncn1)C(C)(C)C. The summed E-state index contributed by atoms with van der Waals surface area (Å²) in [5, 5.41) is 4.85. The van der Waals surface area contributed by atoms with Gasteiger partial charge in [-0.25, -0.2) is 9.67 Å². The number of ketones is 1. The number of hydrogen-bond acceptors (Lipinski definition) is 3. The maximum Gasteiger partial charge on any atom is 0.167 e. The molecule has 1 heterocycles. The van der Waals surface area contributed by atoms with E-state index in [-0.39, 0.29) is 23.2 Å². The summed E-state index contributed by atoms with van der Waals surface area (Å²) in [4.78, 5) is 16.7. The highest BCUT2D eigenvalue weighted by molar-refractivity contribution is 6.30. The van der Waals surface area contributed by atoms with Crippen molar-refractivity contribution in [3.63, 3.8) is 0 Å². The first-order chi connectivity index (χ1) is 9.80. The van der Waals surface area contributed by atoms with Crippen molar-refractivity contribution in [1.82, 2.24) is 14.8 Å². The molecule has 2 atom stereocenters. The molecule has 4 nitrogen and oxygen atoms in total. The van der Waals surface area contributed by atoms with Crippen LogP contribution < -0.4 is 0 Å². The van der Waals surface area contributed by atoms with Crippen LogP contribution in [0.25, 0.3) is 0 Å². The van der Waals surface area contributed by atoms with E-state index in [1.807, 2.05) is 6.92 Å². The van der Waals surface area contributed by atoms with Gasteiger partial charge in [-0.1, -0.05) is 39.3 Å². The quantitative estimate of drug-likeness (QED) is 0.801. The highest BCUT2D eigenvalue weighted by Gasteiger charge is 2.36. The summed E-state index contributed by atoms with van der Waals surface area (Å²) in [6.07, 6.45) is 3.17. The Labute approximate surface area is 130 Å². The summed E-state index contributed by atoms with van der Waals surface area (Å²) < 4.78 is 1.78. The lowest BCUT2D eigenvalue weighted by molar-refractivity contribution is 0.0787. The molecular weight excluding hydrogens is 286 g/mol. The van der Waals surface area contributed by atoms with Crippen LogP contribution in [-0.4, -0.2) is 20.5 Å². The van der Waals surface area contributed by atoms with Crippen LogP contribution in [0.5, 0.6) is 0 Å². The van der Waals surface area contributed by atoms with E-state index >= 15 is 0 Å². The zero-order chi connectivity index (χ0) is 15.6. The molecule has 21 heavy (non-hydrogen) atoms.